The van der Waals surface area contributed by atoms with Gasteiger partial charge >= 0.3 is 0 Å². The third kappa shape index (κ3) is 34.0. The Balaban J connectivity index is 6.79. The molecule has 8 amide bonds. The fourth-order valence-corrected chi connectivity index (χ4v) is 9.10. The molecule has 0 aliphatic carbocycles. The molecule has 0 saturated carbocycles. The second-order valence-electron chi connectivity index (χ2n) is 25.0. The zero-order valence-corrected chi connectivity index (χ0v) is 52.7. The Morgan fingerprint density at radius 3 is 0.877 bits per heavy atom. The molecule has 472 valence electrons. The predicted molar refractivity (Wildman–Crippen MR) is 312 cm³/mol. The molecule has 0 aromatic rings. The number of amides is 8. The summed E-state index contributed by atoms with van der Waals surface area (Å²) in [4.78, 5) is 123. The van der Waals surface area contributed by atoms with Gasteiger partial charge in [0.15, 0.2) is 0 Å². The van der Waals surface area contributed by atoms with E-state index in [1.807, 2.05) is 62.3 Å². The molecule has 0 heterocycles. The van der Waals surface area contributed by atoms with Crippen molar-refractivity contribution in [1.29, 1.82) is 0 Å². The van der Waals surface area contributed by atoms with E-state index >= 15 is 0 Å². The van der Waals surface area contributed by atoms with Crippen molar-refractivity contribution in [3.8, 4) is 0 Å². The minimum Gasteiger partial charge on any atom is -0.392 e. The summed E-state index contributed by atoms with van der Waals surface area (Å²) in [6, 6.07) is -0.0152. The molecule has 81 heavy (non-hydrogen) atoms. The molecule has 0 aliphatic heterocycles. The van der Waals surface area contributed by atoms with Gasteiger partial charge in [-0.3, -0.25) is 48.2 Å². The zero-order chi connectivity index (χ0) is 62.6. The number of nitrogens with two attached hydrogens (primary N) is 1. The fourth-order valence-electron chi connectivity index (χ4n) is 9.10. The normalized spacial score (nSPS) is 14.1. The van der Waals surface area contributed by atoms with Gasteiger partial charge in [-0.15, -0.1) is 0 Å². The molecule has 6 atom stereocenters. The number of rotatable bonds is 42. The lowest BCUT2D eigenvalue weighted by Gasteiger charge is -2.37. The van der Waals surface area contributed by atoms with E-state index < -0.39 is 111 Å². The zero-order valence-electron chi connectivity index (χ0n) is 52.7. The van der Waals surface area contributed by atoms with Crippen LogP contribution in [0.25, 0.3) is 0 Å². The second kappa shape index (κ2) is 39.1. The maximum Gasteiger partial charge on any atom is 0.242 e. The standard InChI is InChI=1S/C57H111N11O13/c1-38(2)18-59-19-44(13)60(20-39(3)4)30-50(74)65(25-45(14)69)36-56(80)66(26-46(15)70)35-54(78)63(23-42(9)10)32-52(76)64(24-43(11)12)33-55(79)68(28-48(17)72)37-57(81)67(27-47(16)71)34-53(77)62(22-41(7)8)31-51(75)61(21-40(5)6)29-49(58)73/h38-48,56,59,69-72,80H,18-37H2,1-17H3,(H2,58,73). The highest BCUT2D eigenvalue weighted by Gasteiger charge is 2.34. The van der Waals surface area contributed by atoms with Gasteiger partial charge in [-0.05, 0) is 76.7 Å². The first kappa shape index (κ1) is 76.4. The van der Waals surface area contributed by atoms with Gasteiger partial charge in [0.2, 0.25) is 47.3 Å². The summed E-state index contributed by atoms with van der Waals surface area (Å²) in [5.41, 5.74) is 5.43. The molecular formula is C57H111N11O13. The van der Waals surface area contributed by atoms with Crippen LogP contribution in [0.4, 0.5) is 0 Å². The van der Waals surface area contributed by atoms with Crippen LogP contribution in [0.5, 0.6) is 0 Å². The summed E-state index contributed by atoms with van der Waals surface area (Å²) in [7, 11) is 0. The number of aliphatic hydroxyl groups is 5. The summed E-state index contributed by atoms with van der Waals surface area (Å²) in [5, 5.41) is 57.5. The maximum atomic E-state index is 14.4. The van der Waals surface area contributed by atoms with Crippen molar-refractivity contribution in [2.75, 3.05) is 131 Å². The van der Waals surface area contributed by atoms with Crippen LogP contribution in [0, 0.1) is 35.5 Å². The number of carbonyl (C=O) groups is 8. The molecule has 0 bridgehead atoms. The van der Waals surface area contributed by atoms with E-state index in [9.17, 15) is 63.9 Å². The molecule has 0 aliphatic rings. The van der Waals surface area contributed by atoms with Gasteiger partial charge in [-0.25, -0.2) is 0 Å². The van der Waals surface area contributed by atoms with Gasteiger partial charge in [0.05, 0.1) is 83.3 Å². The van der Waals surface area contributed by atoms with Crippen LogP contribution in [0.3, 0.4) is 0 Å². The van der Waals surface area contributed by atoms with Gasteiger partial charge in [0, 0.05) is 71.5 Å². The molecule has 8 N–H and O–H groups in total. The van der Waals surface area contributed by atoms with Gasteiger partial charge in [0.1, 0.15) is 6.23 Å². The smallest absolute Gasteiger partial charge is 0.242 e. The van der Waals surface area contributed by atoms with Crippen molar-refractivity contribution in [2.45, 2.75) is 154 Å². The average Bonchev–Trinajstić information content (AvgIpc) is 3.30. The van der Waals surface area contributed by atoms with Crippen molar-refractivity contribution < 1.29 is 63.9 Å². The molecular weight excluding hydrogens is 1050 g/mol. The van der Waals surface area contributed by atoms with Crippen molar-refractivity contribution in [1.82, 2.24) is 49.4 Å². The Bertz CT molecular complexity index is 1900. The summed E-state index contributed by atoms with van der Waals surface area (Å²) in [6.07, 6.45) is -5.74. The lowest BCUT2D eigenvalue weighted by molar-refractivity contribution is -0.150. The van der Waals surface area contributed by atoms with E-state index in [0.29, 0.717) is 19.0 Å². The predicted octanol–water partition coefficient (Wildman–Crippen LogP) is -0.368. The van der Waals surface area contributed by atoms with Crippen LogP contribution < -0.4 is 11.1 Å². The molecule has 0 aromatic carbocycles. The van der Waals surface area contributed by atoms with E-state index in [4.69, 9.17) is 5.73 Å². The molecule has 0 saturated heterocycles. The van der Waals surface area contributed by atoms with Gasteiger partial charge < -0.3 is 70.9 Å². The lowest BCUT2D eigenvalue weighted by Crippen LogP contribution is -2.56. The Kier molecular flexibility index (Phi) is 36.9. The summed E-state index contributed by atoms with van der Waals surface area (Å²) in [5.74, 6) is -4.72. The van der Waals surface area contributed by atoms with Crippen molar-refractivity contribution in [3.05, 3.63) is 0 Å². The number of hydrogen-bond donors (Lipinski definition) is 7. The summed E-state index contributed by atoms with van der Waals surface area (Å²) in [6.45, 7) is 28.7. The minimum absolute atomic E-state index is 0.00877. The molecule has 0 fully saturated rings. The maximum absolute atomic E-state index is 14.4. The Morgan fingerprint density at radius 2 is 0.580 bits per heavy atom. The number of aliphatic hydroxyl groups excluding tert-OH is 5. The highest BCUT2D eigenvalue weighted by molar-refractivity contribution is 5.93. The number of hydrogen-bond acceptors (Lipinski definition) is 16. The second-order valence-corrected chi connectivity index (χ2v) is 25.0. The lowest BCUT2D eigenvalue weighted by atomic mass is 10.1. The van der Waals surface area contributed by atoms with E-state index in [1.165, 1.54) is 57.1 Å². The van der Waals surface area contributed by atoms with Crippen LogP contribution in [-0.4, -0.2) is 284 Å². The average molecular weight is 1160 g/mol. The van der Waals surface area contributed by atoms with Crippen LogP contribution in [0.2, 0.25) is 0 Å². The van der Waals surface area contributed by atoms with Crippen LogP contribution in [0.15, 0.2) is 0 Å². The Morgan fingerprint density at radius 1 is 0.309 bits per heavy atom. The first-order chi connectivity index (χ1) is 37.4. The van der Waals surface area contributed by atoms with Crippen LogP contribution in [-0.2, 0) is 38.4 Å². The Labute approximate surface area is 485 Å². The Hall–Kier alpha value is -4.56. The molecule has 0 aromatic heterocycles. The van der Waals surface area contributed by atoms with Crippen molar-refractivity contribution in [3.63, 3.8) is 0 Å². The topological polar surface area (TPSA) is 305 Å². The van der Waals surface area contributed by atoms with Gasteiger partial charge in [-0.1, -0.05) is 83.1 Å². The summed E-state index contributed by atoms with van der Waals surface area (Å²) >= 11 is 0. The van der Waals surface area contributed by atoms with Crippen molar-refractivity contribution >= 4 is 47.3 Å². The molecule has 6 unspecified atom stereocenters. The quantitative estimate of drug-likeness (QED) is 0.0384. The highest BCUT2D eigenvalue weighted by Crippen LogP contribution is 2.14. The first-order valence-electron chi connectivity index (χ1n) is 29.2. The first-order valence-corrected chi connectivity index (χ1v) is 29.2. The SMILES string of the molecule is CC(C)CNCC(C)N(CC(=O)N(CC(C)O)CC(O)N(CC(=O)N(CC(=O)N(CC(=O)N(CC(=O)N(CC(=O)N(CC(=O)N(CC(N)=O)CC(C)C)CC(C)C)CC(C)O)CC(C)O)CC(C)C)CC(C)C)CC(C)O)CC(C)C. The number of carbonyl (C=O) groups excluding carboxylic acids is 8. The van der Waals surface area contributed by atoms with Crippen molar-refractivity contribution in [2.24, 2.45) is 41.2 Å². The third-order valence-electron chi connectivity index (χ3n) is 12.4. The molecule has 0 spiro atoms. The number of nitrogens with zero attached hydrogens (tertiary/aromatic N) is 9. The number of nitrogens with one attached hydrogen (secondary N) is 1. The minimum atomic E-state index is -1.48. The molecule has 24 nitrogen and oxygen atoms in total. The largest absolute Gasteiger partial charge is 0.392 e. The van der Waals surface area contributed by atoms with E-state index in [-0.39, 0.29) is 114 Å². The third-order valence-corrected chi connectivity index (χ3v) is 12.4. The summed E-state index contributed by atoms with van der Waals surface area (Å²) < 4.78 is 0. The highest BCUT2D eigenvalue weighted by atomic mass is 16.3. The molecule has 24 heteroatoms. The fraction of sp³-hybridized carbons (Fsp3) is 0.860. The molecule has 0 radical (unpaired) electrons. The van der Waals surface area contributed by atoms with Crippen LogP contribution in [0.1, 0.15) is 118 Å². The van der Waals surface area contributed by atoms with E-state index in [1.54, 1.807) is 0 Å². The van der Waals surface area contributed by atoms with Crippen LogP contribution >= 0.6 is 0 Å². The van der Waals surface area contributed by atoms with Gasteiger partial charge in [0.25, 0.3) is 0 Å². The molecule has 0 rings (SSSR count). The van der Waals surface area contributed by atoms with E-state index in [0.717, 1.165) is 16.3 Å². The monoisotopic (exact) mass is 1160 g/mol. The van der Waals surface area contributed by atoms with Gasteiger partial charge in [-0.2, -0.15) is 0 Å². The number of primary amides is 1. The van der Waals surface area contributed by atoms with E-state index in [2.05, 4.69) is 37.9 Å².